The Morgan fingerprint density at radius 3 is 2.30 bits per heavy atom. The second-order valence-electron chi connectivity index (χ2n) is 5.89. The molecule has 0 aliphatic heterocycles. The molecule has 2 N–H and O–H groups in total. The van der Waals surface area contributed by atoms with E-state index in [2.05, 4.69) is 10.6 Å². The lowest BCUT2D eigenvalue weighted by atomic mass is 9.94. The second kappa shape index (κ2) is 7.47. The molecule has 3 nitrogen and oxygen atoms in total. The van der Waals surface area contributed by atoms with Gasteiger partial charge in [-0.25, -0.2) is 9.18 Å². The summed E-state index contributed by atoms with van der Waals surface area (Å²) in [6, 6.07) is 13.4. The molecule has 0 bridgehead atoms. The zero-order chi connectivity index (χ0) is 16.9. The van der Waals surface area contributed by atoms with Crippen LogP contribution in [-0.2, 0) is 12.0 Å². The molecule has 0 radical (unpaired) electrons. The fourth-order valence-electron chi connectivity index (χ4n) is 2.24. The standard InChI is InChI=1S/C18H20ClFN2O/c1-18(2,14-5-9-16(20)10-6-14)22-17(23)21-12-11-13-3-7-15(19)8-4-13/h3-10H,11-12H2,1-2H3,(H2,21,22,23). The maximum atomic E-state index is 13.0. The highest BCUT2D eigenvalue weighted by atomic mass is 35.5. The van der Waals surface area contributed by atoms with Crippen molar-refractivity contribution in [3.05, 3.63) is 70.5 Å². The third-order valence-corrected chi connectivity index (χ3v) is 3.86. The quantitative estimate of drug-likeness (QED) is 0.843. The summed E-state index contributed by atoms with van der Waals surface area (Å²) >= 11 is 5.83. The average molecular weight is 335 g/mol. The Morgan fingerprint density at radius 1 is 1.09 bits per heavy atom. The molecule has 2 aromatic rings. The summed E-state index contributed by atoms with van der Waals surface area (Å²) in [7, 11) is 0. The molecule has 0 aromatic heterocycles. The number of urea groups is 1. The first-order valence-corrected chi connectivity index (χ1v) is 7.81. The Morgan fingerprint density at radius 2 is 1.70 bits per heavy atom. The molecule has 0 fully saturated rings. The van der Waals surface area contributed by atoms with Crippen LogP contribution in [0.25, 0.3) is 0 Å². The SMILES string of the molecule is CC(C)(NC(=O)NCCc1ccc(Cl)cc1)c1ccc(F)cc1. The van der Waals surface area contributed by atoms with Crippen LogP contribution in [0.5, 0.6) is 0 Å². The van der Waals surface area contributed by atoms with Crippen LogP contribution in [0.4, 0.5) is 9.18 Å². The van der Waals surface area contributed by atoms with Crippen molar-refractivity contribution in [2.45, 2.75) is 25.8 Å². The number of carbonyl (C=O) groups excluding carboxylic acids is 1. The fraction of sp³-hybridized carbons (Fsp3) is 0.278. The van der Waals surface area contributed by atoms with E-state index in [0.717, 1.165) is 17.5 Å². The lowest BCUT2D eigenvalue weighted by Crippen LogP contribution is -2.46. The molecule has 2 aromatic carbocycles. The van der Waals surface area contributed by atoms with Crippen LogP contribution in [0.3, 0.4) is 0 Å². The molecule has 122 valence electrons. The number of hydrogen-bond donors (Lipinski definition) is 2. The number of carbonyl (C=O) groups is 1. The van der Waals surface area contributed by atoms with E-state index in [-0.39, 0.29) is 11.8 Å². The number of halogens is 2. The minimum atomic E-state index is -0.585. The molecule has 0 aliphatic carbocycles. The van der Waals surface area contributed by atoms with Crippen molar-refractivity contribution in [1.82, 2.24) is 10.6 Å². The van der Waals surface area contributed by atoms with Crippen molar-refractivity contribution in [3.8, 4) is 0 Å². The molecular weight excluding hydrogens is 315 g/mol. The molecule has 0 spiro atoms. The highest BCUT2D eigenvalue weighted by Gasteiger charge is 2.22. The smallest absolute Gasteiger partial charge is 0.315 e. The minimum absolute atomic E-state index is 0.256. The van der Waals surface area contributed by atoms with Crippen molar-refractivity contribution in [3.63, 3.8) is 0 Å². The van der Waals surface area contributed by atoms with E-state index in [1.165, 1.54) is 12.1 Å². The van der Waals surface area contributed by atoms with E-state index in [0.29, 0.717) is 11.6 Å². The molecule has 5 heteroatoms. The zero-order valence-electron chi connectivity index (χ0n) is 13.2. The number of nitrogens with one attached hydrogen (secondary N) is 2. The Bertz CT molecular complexity index is 654. The first-order valence-electron chi connectivity index (χ1n) is 7.43. The van der Waals surface area contributed by atoms with Crippen LogP contribution < -0.4 is 10.6 Å². The summed E-state index contributed by atoms with van der Waals surface area (Å²) in [5.74, 6) is -0.294. The predicted octanol–water partition coefficient (Wildman–Crippen LogP) is 4.26. The highest BCUT2D eigenvalue weighted by molar-refractivity contribution is 6.30. The van der Waals surface area contributed by atoms with E-state index in [9.17, 15) is 9.18 Å². The van der Waals surface area contributed by atoms with Crippen LogP contribution in [-0.4, -0.2) is 12.6 Å². The van der Waals surface area contributed by atoms with Crippen molar-refractivity contribution in [2.24, 2.45) is 0 Å². The molecule has 2 rings (SSSR count). The van der Waals surface area contributed by atoms with Gasteiger partial charge in [0, 0.05) is 11.6 Å². The van der Waals surface area contributed by atoms with Crippen molar-refractivity contribution >= 4 is 17.6 Å². The maximum Gasteiger partial charge on any atom is 0.315 e. The molecule has 0 aliphatic rings. The van der Waals surface area contributed by atoms with Gasteiger partial charge in [-0.3, -0.25) is 0 Å². The molecule has 0 heterocycles. The van der Waals surface area contributed by atoms with Crippen LogP contribution >= 0.6 is 11.6 Å². The fourth-order valence-corrected chi connectivity index (χ4v) is 2.36. The van der Waals surface area contributed by atoms with Gasteiger partial charge >= 0.3 is 6.03 Å². The van der Waals surface area contributed by atoms with Crippen LogP contribution in [0.1, 0.15) is 25.0 Å². The number of rotatable bonds is 5. The summed E-state index contributed by atoms with van der Waals surface area (Å²) in [6.45, 7) is 4.27. The van der Waals surface area contributed by atoms with Gasteiger partial charge in [-0.15, -0.1) is 0 Å². The molecule has 2 amide bonds. The van der Waals surface area contributed by atoms with Crippen LogP contribution in [0, 0.1) is 5.82 Å². The number of benzene rings is 2. The zero-order valence-corrected chi connectivity index (χ0v) is 14.0. The van der Waals surface area contributed by atoms with Crippen molar-refractivity contribution < 1.29 is 9.18 Å². The third kappa shape index (κ3) is 5.25. The normalized spacial score (nSPS) is 11.1. The van der Waals surface area contributed by atoms with Crippen molar-refractivity contribution in [1.29, 1.82) is 0 Å². The molecule has 0 unspecified atom stereocenters. The summed E-state index contributed by atoms with van der Waals surface area (Å²) < 4.78 is 13.0. The molecular formula is C18H20ClFN2O. The van der Waals surface area contributed by atoms with Gasteiger partial charge < -0.3 is 10.6 Å². The van der Waals surface area contributed by atoms with Gasteiger partial charge in [0.2, 0.25) is 0 Å². The van der Waals surface area contributed by atoms with Gasteiger partial charge in [0.15, 0.2) is 0 Å². The van der Waals surface area contributed by atoms with E-state index in [1.54, 1.807) is 12.1 Å². The first-order chi connectivity index (χ1) is 10.9. The maximum absolute atomic E-state index is 13.0. The van der Waals surface area contributed by atoms with Gasteiger partial charge in [-0.05, 0) is 55.7 Å². The van der Waals surface area contributed by atoms with E-state index in [4.69, 9.17) is 11.6 Å². The molecule has 23 heavy (non-hydrogen) atoms. The minimum Gasteiger partial charge on any atom is -0.338 e. The lowest BCUT2D eigenvalue weighted by Gasteiger charge is -2.27. The Balaban J connectivity index is 1.83. The molecule has 0 atom stereocenters. The monoisotopic (exact) mass is 334 g/mol. The Hall–Kier alpha value is -2.07. The third-order valence-electron chi connectivity index (χ3n) is 3.60. The Kier molecular flexibility index (Phi) is 5.61. The molecule has 0 saturated carbocycles. The average Bonchev–Trinajstić information content (AvgIpc) is 2.49. The van der Waals surface area contributed by atoms with Gasteiger partial charge in [0.05, 0.1) is 5.54 Å². The summed E-state index contributed by atoms with van der Waals surface area (Å²) in [6.07, 6.45) is 0.724. The Labute approximate surface area is 140 Å². The highest BCUT2D eigenvalue weighted by Crippen LogP contribution is 2.20. The van der Waals surface area contributed by atoms with Gasteiger partial charge in [-0.2, -0.15) is 0 Å². The first kappa shape index (κ1) is 17.3. The topological polar surface area (TPSA) is 41.1 Å². The number of hydrogen-bond acceptors (Lipinski definition) is 1. The lowest BCUT2D eigenvalue weighted by molar-refractivity contribution is 0.230. The summed E-state index contributed by atoms with van der Waals surface area (Å²) in [4.78, 5) is 12.0. The summed E-state index contributed by atoms with van der Waals surface area (Å²) in [5.41, 5.74) is 1.36. The predicted molar refractivity (Wildman–Crippen MR) is 91.1 cm³/mol. The molecule has 0 saturated heterocycles. The van der Waals surface area contributed by atoms with E-state index < -0.39 is 5.54 Å². The largest absolute Gasteiger partial charge is 0.338 e. The van der Waals surface area contributed by atoms with Gasteiger partial charge in [-0.1, -0.05) is 35.9 Å². The van der Waals surface area contributed by atoms with E-state index >= 15 is 0 Å². The van der Waals surface area contributed by atoms with Gasteiger partial charge in [0.1, 0.15) is 5.82 Å². The van der Waals surface area contributed by atoms with Gasteiger partial charge in [0.25, 0.3) is 0 Å². The summed E-state index contributed by atoms with van der Waals surface area (Å²) in [5, 5.41) is 6.41. The van der Waals surface area contributed by atoms with Crippen LogP contribution in [0.2, 0.25) is 5.02 Å². The van der Waals surface area contributed by atoms with Crippen molar-refractivity contribution in [2.75, 3.05) is 6.54 Å². The van der Waals surface area contributed by atoms with E-state index in [1.807, 2.05) is 38.1 Å². The number of amides is 2. The second-order valence-corrected chi connectivity index (χ2v) is 6.33. The van der Waals surface area contributed by atoms with Crippen LogP contribution in [0.15, 0.2) is 48.5 Å².